The standard InChI is InChI=1S/C16H15ClN2O4S/c1-18-16(22)19-13(20)8-23-14(21)9-24-12-7-3-5-10-4-2-6-11(17)15(10)12/h2-7H,8-9H2,1H3,(H2,18,19,20,22). The van der Waals surface area contributed by atoms with Crippen molar-refractivity contribution in [3.8, 4) is 0 Å². The smallest absolute Gasteiger partial charge is 0.321 e. The lowest BCUT2D eigenvalue weighted by atomic mass is 10.1. The molecule has 0 unspecified atom stereocenters. The lowest BCUT2D eigenvalue weighted by Gasteiger charge is -2.08. The highest BCUT2D eigenvalue weighted by atomic mass is 35.5. The van der Waals surface area contributed by atoms with E-state index in [1.165, 1.54) is 18.8 Å². The molecule has 126 valence electrons. The Balaban J connectivity index is 1.91. The van der Waals surface area contributed by atoms with Crippen LogP contribution >= 0.6 is 23.4 Å². The Morgan fingerprint density at radius 3 is 2.58 bits per heavy atom. The second-order valence-electron chi connectivity index (χ2n) is 4.67. The minimum Gasteiger partial charge on any atom is -0.455 e. The second kappa shape index (κ2) is 8.56. The van der Waals surface area contributed by atoms with E-state index in [2.05, 4.69) is 5.32 Å². The summed E-state index contributed by atoms with van der Waals surface area (Å²) in [7, 11) is 1.38. The molecule has 0 atom stereocenters. The highest BCUT2D eigenvalue weighted by molar-refractivity contribution is 8.00. The Hall–Kier alpha value is -2.25. The molecular weight excluding hydrogens is 352 g/mol. The van der Waals surface area contributed by atoms with Gasteiger partial charge >= 0.3 is 12.0 Å². The van der Waals surface area contributed by atoms with Gasteiger partial charge in [-0.15, -0.1) is 11.8 Å². The van der Waals surface area contributed by atoms with Crippen LogP contribution in [0, 0.1) is 0 Å². The van der Waals surface area contributed by atoms with Gasteiger partial charge in [0.15, 0.2) is 6.61 Å². The summed E-state index contributed by atoms with van der Waals surface area (Å²) >= 11 is 7.49. The summed E-state index contributed by atoms with van der Waals surface area (Å²) in [6, 6.07) is 10.6. The van der Waals surface area contributed by atoms with E-state index in [1.54, 1.807) is 6.07 Å². The van der Waals surface area contributed by atoms with Crippen LogP contribution < -0.4 is 10.6 Å². The summed E-state index contributed by atoms with van der Waals surface area (Å²) in [5.74, 6) is -1.23. The Bertz CT molecular complexity index is 777. The molecular formula is C16H15ClN2O4S. The fourth-order valence-electron chi connectivity index (χ4n) is 1.93. The minimum absolute atomic E-state index is 0.0254. The summed E-state index contributed by atoms with van der Waals surface area (Å²) in [5, 5.41) is 6.68. The van der Waals surface area contributed by atoms with Gasteiger partial charge in [-0.05, 0) is 17.5 Å². The largest absolute Gasteiger partial charge is 0.455 e. The summed E-state index contributed by atoms with van der Waals surface area (Å²) in [5.41, 5.74) is 0. The topological polar surface area (TPSA) is 84.5 Å². The monoisotopic (exact) mass is 366 g/mol. The number of imide groups is 1. The number of carbonyl (C=O) groups is 3. The van der Waals surface area contributed by atoms with Gasteiger partial charge in [0.25, 0.3) is 5.91 Å². The van der Waals surface area contributed by atoms with Crippen molar-refractivity contribution in [1.82, 2.24) is 10.6 Å². The van der Waals surface area contributed by atoms with E-state index in [4.69, 9.17) is 16.3 Å². The van der Waals surface area contributed by atoms with Crippen molar-refractivity contribution in [3.05, 3.63) is 41.4 Å². The predicted octanol–water partition coefficient (Wildman–Crippen LogP) is 2.58. The Labute approximate surface area is 147 Å². The van der Waals surface area contributed by atoms with Crippen LogP contribution in [0.25, 0.3) is 10.8 Å². The first-order chi connectivity index (χ1) is 11.5. The molecule has 2 rings (SSSR count). The number of rotatable bonds is 5. The maximum atomic E-state index is 11.7. The van der Waals surface area contributed by atoms with Gasteiger partial charge < -0.3 is 10.1 Å². The summed E-state index contributed by atoms with van der Waals surface area (Å²) in [6.07, 6.45) is 0. The van der Waals surface area contributed by atoms with E-state index < -0.39 is 24.5 Å². The molecule has 2 aromatic rings. The number of nitrogens with one attached hydrogen (secondary N) is 2. The van der Waals surface area contributed by atoms with E-state index in [0.717, 1.165) is 15.7 Å². The minimum atomic E-state index is -0.694. The number of fused-ring (bicyclic) bond motifs is 1. The van der Waals surface area contributed by atoms with Crippen molar-refractivity contribution in [2.45, 2.75) is 4.90 Å². The first-order valence-electron chi connectivity index (χ1n) is 6.98. The zero-order chi connectivity index (χ0) is 17.5. The van der Waals surface area contributed by atoms with Crippen molar-refractivity contribution in [1.29, 1.82) is 0 Å². The van der Waals surface area contributed by atoms with Gasteiger partial charge in [-0.1, -0.05) is 35.9 Å². The normalized spacial score (nSPS) is 10.2. The SMILES string of the molecule is CNC(=O)NC(=O)COC(=O)CSc1cccc2cccc(Cl)c12. The number of ether oxygens (including phenoxy) is 1. The summed E-state index contributed by atoms with van der Waals surface area (Å²) in [4.78, 5) is 34.9. The fraction of sp³-hybridized carbons (Fsp3) is 0.188. The number of benzene rings is 2. The molecule has 2 N–H and O–H groups in total. The van der Waals surface area contributed by atoms with Gasteiger partial charge in [0.1, 0.15) is 0 Å². The van der Waals surface area contributed by atoms with Crippen LogP contribution in [0.3, 0.4) is 0 Å². The average molecular weight is 367 g/mol. The van der Waals surface area contributed by atoms with Gasteiger partial charge in [-0.2, -0.15) is 0 Å². The third-order valence-electron chi connectivity index (χ3n) is 3.01. The van der Waals surface area contributed by atoms with Crippen LogP contribution in [0.4, 0.5) is 4.79 Å². The van der Waals surface area contributed by atoms with Crippen molar-refractivity contribution in [3.63, 3.8) is 0 Å². The molecule has 0 aliphatic rings. The predicted molar refractivity (Wildman–Crippen MR) is 93.2 cm³/mol. The molecule has 8 heteroatoms. The van der Waals surface area contributed by atoms with E-state index in [0.29, 0.717) is 5.02 Å². The van der Waals surface area contributed by atoms with Gasteiger partial charge in [-0.3, -0.25) is 14.9 Å². The summed E-state index contributed by atoms with van der Waals surface area (Å²) in [6.45, 7) is -0.511. The molecule has 24 heavy (non-hydrogen) atoms. The number of thioether (sulfide) groups is 1. The zero-order valence-corrected chi connectivity index (χ0v) is 14.4. The van der Waals surface area contributed by atoms with Gasteiger partial charge in [0.2, 0.25) is 0 Å². The van der Waals surface area contributed by atoms with Crippen molar-refractivity contribution < 1.29 is 19.1 Å². The molecule has 3 amide bonds. The lowest BCUT2D eigenvalue weighted by molar-refractivity contribution is -0.145. The summed E-state index contributed by atoms with van der Waals surface area (Å²) < 4.78 is 4.83. The van der Waals surface area contributed by atoms with Gasteiger partial charge in [0.05, 0.1) is 5.75 Å². The van der Waals surface area contributed by atoms with E-state index in [1.807, 2.05) is 35.6 Å². The highest BCUT2D eigenvalue weighted by Crippen LogP contribution is 2.33. The third-order valence-corrected chi connectivity index (χ3v) is 4.35. The Kier molecular flexibility index (Phi) is 6.45. The maximum Gasteiger partial charge on any atom is 0.321 e. The molecule has 0 fully saturated rings. The molecule has 0 aliphatic heterocycles. The Morgan fingerprint density at radius 2 is 1.88 bits per heavy atom. The maximum absolute atomic E-state index is 11.7. The second-order valence-corrected chi connectivity index (χ2v) is 6.10. The lowest BCUT2D eigenvalue weighted by Crippen LogP contribution is -2.39. The van der Waals surface area contributed by atoms with E-state index >= 15 is 0 Å². The number of hydrogen-bond acceptors (Lipinski definition) is 5. The number of amides is 3. The molecule has 0 aromatic heterocycles. The van der Waals surface area contributed by atoms with Crippen LogP contribution in [0.2, 0.25) is 5.02 Å². The number of hydrogen-bond donors (Lipinski definition) is 2. The van der Waals surface area contributed by atoms with Crippen molar-refractivity contribution in [2.75, 3.05) is 19.4 Å². The number of urea groups is 1. The first kappa shape index (κ1) is 18.1. The molecule has 0 spiro atoms. The quantitative estimate of drug-likeness (QED) is 0.627. The van der Waals surface area contributed by atoms with Crippen LogP contribution in [-0.2, 0) is 14.3 Å². The molecule has 0 heterocycles. The van der Waals surface area contributed by atoms with Gasteiger partial charge in [-0.25, -0.2) is 4.79 Å². The Morgan fingerprint density at radius 1 is 1.17 bits per heavy atom. The number of esters is 1. The molecule has 2 aromatic carbocycles. The molecule has 0 saturated carbocycles. The van der Waals surface area contributed by atoms with Crippen LogP contribution in [0.5, 0.6) is 0 Å². The third kappa shape index (κ3) is 4.87. The molecule has 0 radical (unpaired) electrons. The van der Waals surface area contributed by atoms with Crippen LogP contribution in [0.15, 0.2) is 41.3 Å². The molecule has 6 nitrogen and oxygen atoms in total. The van der Waals surface area contributed by atoms with Crippen molar-refractivity contribution >= 4 is 52.0 Å². The van der Waals surface area contributed by atoms with Crippen LogP contribution in [-0.4, -0.2) is 37.3 Å². The van der Waals surface area contributed by atoms with Crippen molar-refractivity contribution in [2.24, 2.45) is 0 Å². The van der Waals surface area contributed by atoms with Crippen LogP contribution in [0.1, 0.15) is 0 Å². The molecule has 0 bridgehead atoms. The average Bonchev–Trinajstić information content (AvgIpc) is 2.58. The van der Waals surface area contributed by atoms with Gasteiger partial charge in [0, 0.05) is 22.4 Å². The number of halogens is 1. The highest BCUT2D eigenvalue weighted by Gasteiger charge is 2.12. The number of carbonyl (C=O) groups excluding carboxylic acids is 3. The molecule has 0 aliphatic carbocycles. The zero-order valence-electron chi connectivity index (χ0n) is 12.8. The van der Waals surface area contributed by atoms with E-state index in [9.17, 15) is 14.4 Å². The fourth-order valence-corrected chi connectivity index (χ4v) is 3.18. The molecule has 0 saturated heterocycles. The van der Waals surface area contributed by atoms with E-state index in [-0.39, 0.29) is 5.75 Å². The first-order valence-corrected chi connectivity index (χ1v) is 8.35.